The van der Waals surface area contributed by atoms with Crippen LogP contribution in [-0.2, 0) is 0 Å². The summed E-state index contributed by atoms with van der Waals surface area (Å²) in [6, 6.07) is 5.39. The molecule has 2 rings (SSSR count). The SMILES string of the molecule is C[C@H](N=[N+]=[N-])c1ccc2c(c1)OCCO2. The molecule has 0 radical (unpaired) electrons. The second kappa shape index (κ2) is 4.11. The van der Waals surface area contributed by atoms with Gasteiger partial charge in [0.15, 0.2) is 11.5 Å². The largest absolute Gasteiger partial charge is 0.486 e. The van der Waals surface area contributed by atoms with Gasteiger partial charge in [0.05, 0.1) is 6.04 Å². The third-order valence-corrected chi connectivity index (χ3v) is 2.27. The molecule has 1 atom stereocenters. The van der Waals surface area contributed by atoms with E-state index in [1.54, 1.807) is 0 Å². The van der Waals surface area contributed by atoms with Crippen LogP contribution in [0.1, 0.15) is 18.5 Å². The fraction of sp³-hybridized carbons (Fsp3) is 0.400. The lowest BCUT2D eigenvalue weighted by atomic mass is 10.1. The van der Waals surface area contributed by atoms with Crippen LogP contribution < -0.4 is 9.47 Å². The van der Waals surface area contributed by atoms with Crippen molar-refractivity contribution in [2.75, 3.05) is 13.2 Å². The van der Waals surface area contributed by atoms with Crippen LogP contribution in [0.3, 0.4) is 0 Å². The lowest BCUT2D eigenvalue weighted by molar-refractivity contribution is 0.171. The van der Waals surface area contributed by atoms with E-state index in [9.17, 15) is 0 Å². The monoisotopic (exact) mass is 205 g/mol. The molecule has 0 spiro atoms. The summed E-state index contributed by atoms with van der Waals surface area (Å²) >= 11 is 0. The zero-order valence-electron chi connectivity index (χ0n) is 8.38. The molecule has 5 nitrogen and oxygen atoms in total. The Morgan fingerprint density at radius 2 is 2.07 bits per heavy atom. The van der Waals surface area contributed by atoms with Crippen LogP contribution in [0.5, 0.6) is 11.5 Å². The minimum Gasteiger partial charge on any atom is -0.486 e. The number of hydrogen-bond acceptors (Lipinski definition) is 3. The van der Waals surface area contributed by atoms with Gasteiger partial charge in [-0.3, -0.25) is 0 Å². The summed E-state index contributed by atoms with van der Waals surface area (Å²) in [7, 11) is 0. The van der Waals surface area contributed by atoms with Crippen LogP contribution in [0.2, 0.25) is 0 Å². The van der Waals surface area contributed by atoms with Crippen molar-refractivity contribution in [3.8, 4) is 11.5 Å². The molecule has 0 N–H and O–H groups in total. The fourth-order valence-electron chi connectivity index (χ4n) is 1.46. The Balaban J connectivity index is 2.31. The van der Waals surface area contributed by atoms with Crippen LogP contribution in [0.25, 0.3) is 10.4 Å². The van der Waals surface area contributed by atoms with Crippen molar-refractivity contribution in [1.29, 1.82) is 0 Å². The molecule has 15 heavy (non-hydrogen) atoms. The van der Waals surface area contributed by atoms with E-state index in [4.69, 9.17) is 15.0 Å². The highest BCUT2D eigenvalue weighted by Crippen LogP contribution is 2.33. The summed E-state index contributed by atoms with van der Waals surface area (Å²) in [5.41, 5.74) is 9.27. The molecule has 5 heteroatoms. The van der Waals surface area contributed by atoms with E-state index in [0.717, 1.165) is 17.1 Å². The molecule has 1 aromatic rings. The molecular formula is C10H11N3O2. The standard InChI is InChI=1S/C10H11N3O2/c1-7(12-13-11)8-2-3-9-10(6-8)15-5-4-14-9/h2-3,6-7H,4-5H2,1H3/t7-/m0/s1. The van der Waals surface area contributed by atoms with Gasteiger partial charge in [-0.25, -0.2) is 0 Å². The molecule has 0 bridgehead atoms. The maximum absolute atomic E-state index is 8.34. The quantitative estimate of drug-likeness (QED) is 0.423. The number of ether oxygens (including phenoxy) is 2. The van der Waals surface area contributed by atoms with E-state index in [1.165, 1.54) is 0 Å². The van der Waals surface area contributed by atoms with Gasteiger partial charge >= 0.3 is 0 Å². The molecule has 0 unspecified atom stereocenters. The number of benzene rings is 1. The van der Waals surface area contributed by atoms with E-state index >= 15 is 0 Å². The van der Waals surface area contributed by atoms with E-state index in [-0.39, 0.29) is 6.04 Å². The van der Waals surface area contributed by atoms with Crippen molar-refractivity contribution >= 4 is 0 Å². The third-order valence-electron chi connectivity index (χ3n) is 2.27. The summed E-state index contributed by atoms with van der Waals surface area (Å²) < 4.78 is 10.8. The summed E-state index contributed by atoms with van der Waals surface area (Å²) in [5.74, 6) is 1.47. The first-order valence-corrected chi connectivity index (χ1v) is 4.75. The molecule has 1 aliphatic rings. The van der Waals surface area contributed by atoms with Crippen molar-refractivity contribution in [3.63, 3.8) is 0 Å². The van der Waals surface area contributed by atoms with Crippen LogP contribution in [-0.4, -0.2) is 13.2 Å². The van der Waals surface area contributed by atoms with Crippen LogP contribution in [0.15, 0.2) is 23.3 Å². The van der Waals surface area contributed by atoms with Crippen molar-refractivity contribution in [3.05, 3.63) is 34.2 Å². The molecule has 78 valence electrons. The average molecular weight is 205 g/mol. The predicted octanol–water partition coefficient (Wildman–Crippen LogP) is 2.83. The summed E-state index contributed by atoms with van der Waals surface area (Å²) in [5, 5.41) is 3.63. The zero-order chi connectivity index (χ0) is 10.7. The van der Waals surface area contributed by atoms with Gasteiger partial charge in [-0.2, -0.15) is 0 Å². The highest BCUT2D eigenvalue weighted by atomic mass is 16.6. The molecule has 0 saturated carbocycles. The fourth-order valence-corrected chi connectivity index (χ4v) is 1.46. The van der Waals surface area contributed by atoms with Gasteiger partial charge in [-0.05, 0) is 23.2 Å². The van der Waals surface area contributed by atoms with Crippen molar-refractivity contribution < 1.29 is 9.47 Å². The van der Waals surface area contributed by atoms with Crippen LogP contribution >= 0.6 is 0 Å². The van der Waals surface area contributed by atoms with Crippen LogP contribution in [0, 0.1) is 0 Å². The van der Waals surface area contributed by atoms with Crippen molar-refractivity contribution in [1.82, 2.24) is 0 Å². The minimum absolute atomic E-state index is 0.189. The normalized spacial score (nSPS) is 15.3. The number of nitrogens with zero attached hydrogens (tertiary/aromatic N) is 3. The highest BCUT2D eigenvalue weighted by molar-refractivity contribution is 5.44. The Labute approximate surface area is 87.2 Å². The van der Waals surface area contributed by atoms with Gasteiger partial charge in [0, 0.05) is 4.91 Å². The Kier molecular flexibility index (Phi) is 2.65. The van der Waals surface area contributed by atoms with Crippen molar-refractivity contribution in [2.24, 2.45) is 5.11 Å². The average Bonchev–Trinajstić information content (AvgIpc) is 2.29. The summed E-state index contributed by atoms with van der Waals surface area (Å²) in [6.07, 6.45) is 0. The maximum atomic E-state index is 8.34. The smallest absolute Gasteiger partial charge is 0.161 e. The van der Waals surface area contributed by atoms with E-state index in [0.29, 0.717) is 13.2 Å². The molecule has 1 aliphatic heterocycles. The highest BCUT2D eigenvalue weighted by Gasteiger charge is 2.13. The van der Waals surface area contributed by atoms with Gasteiger partial charge in [0.2, 0.25) is 0 Å². The first-order chi connectivity index (χ1) is 7.31. The van der Waals surface area contributed by atoms with Gasteiger partial charge in [-0.15, -0.1) is 0 Å². The maximum Gasteiger partial charge on any atom is 0.161 e. The molecule has 0 fully saturated rings. The van der Waals surface area contributed by atoms with E-state index in [2.05, 4.69) is 10.0 Å². The Morgan fingerprint density at radius 3 is 2.80 bits per heavy atom. The number of hydrogen-bond donors (Lipinski definition) is 0. The van der Waals surface area contributed by atoms with E-state index < -0.39 is 0 Å². The topological polar surface area (TPSA) is 67.2 Å². The number of fused-ring (bicyclic) bond motifs is 1. The van der Waals surface area contributed by atoms with Gasteiger partial charge < -0.3 is 9.47 Å². The lowest BCUT2D eigenvalue weighted by Gasteiger charge is -2.19. The number of rotatable bonds is 2. The van der Waals surface area contributed by atoms with Gasteiger partial charge in [0.1, 0.15) is 13.2 Å². The first-order valence-electron chi connectivity index (χ1n) is 4.75. The summed E-state index contributed by atoms with van der Waals surface area (Å²) in [4.78, 5) is 2.78. The molecule has 1 aromatic carbocycles. The Morgan fingerprint density at radius 1 is 1.33 bits per heavy atom. The minimum atomic E-state index is -0.189. The lowest BCUT2D eigenvalue weighted by Crippen LogP contribution is -2.15. The predicted molar refractivity (Wildman–Crippen MR) is 55.0 cm³/mol. The molecule has 0 saturated heterocycles. The molecular weight excluding hydrogens is 194 g/mol. The molecule has 0 amide bonds. The van der Waals surface area contributed by atoms with Gasteiger partial charge in [0.25, 0.3) is 0 Å². The molecule has 0 aliphatic carbocycles. The molecule has 1 heterocycles. The zero-order valence-corrected chi connectivity index (χ0v) is 8.38. The third kappa shape index (κ3) is 1.97. The summed E-state index contributed by atoms with van der Waals surface area (Å²) in [6.45, 7) is 2.98. The van der Waals surface area contributed by atoms with E-state index in [1.807, 2.05) is 25.1 Å². The first kappa shape index (κ1) is 9.68. The number of azide groups is 1. The molecule has 0 aromatic heterocycles. The van der Waals surface area contributed by atoms with Gasteiger partial charge in [-0.1, -0.05) is 18.1 Å². The van der Waals surface area contributed by atoms with Crippen molar-refractivity contribution in [2.45, 2.75) is 13.0 Å². The van der Waals surface area contributed by atoms with Crippen LogP contribution in [0.4, 0.5) is 0 Å². The second-order valence-corrected chi connectivity index (χ2v) is 3.28. The second-order valence-electron chi connectivity index (χ2n) is 3.28. The Bertz CT molecular complexity index is 413. The Hall–Kier alpha value is -1.87.